The van der Waals surface area contributed by atoms with E-state index in [4.69, 9.17) is 16.3 Å². The van der Waals surface area contributed by atoms with Crippen LogP contribution in [-0.2, 0) is 0 Å². The Morgan fingerprint density at radius 2 is 2.00 bits per heavy atom. The molecule has 1 aromatic heterocycles. The van der Waals surface area contributed by atoms with E-state index in [1.807, 2.05) is 25.1 Å². The van der Waals surface area contributed by atoms with E-state index in [2.05, 4.69) is 29.1 Å². The summed E-state index contributed by atoms with van der Waals surface area (Å²) in [5.74, 6) is 2.60. The van der Waals surface area contributed by atoms with Crippen LogP contribution >= 0.6 is 11.6 Å². The molecule has 112 valence electrons. The molecule has 0 spiro atoms. The van der Waals surface area contributed by atoms with Crippen LogP contribution in [0.5, 0.6) is 5.75 Å². The molecular weight excluding hydrogens is 286 g/mol. The molecule has 0 bridgehead atoms. The van der Waals surface area contributed by atoms with Gasteiger partial charge in [0.1, 0.15) is 17.4 Å². The summed E-state index contributed by atoms with van der Waals surface area (Å²) < 4.78 is 5.42. The molecule has 0 aliphatic carbocycles. The molecule has 1 N–H and O–H groups in total. The maximum absolute atomic E-state index is 6.11. The Kier molecular flexibility index (Phi) is 5.02. The molecule has 1 heterocycles. The van der Waals surface area contributed by atoms with Crippen LogP contribution in [-0.4, -0.2) is 23.6 Å². The highest BCUT2D eigenvalue weighted by atomic mass is 35.5. The summed E-state index contributed by atoms with van der Waals surface area (Å²) in [6, 6.07) is 7.44. The molecule has 0 amide bonds. The van der Waals surface area contributed by atoms with Gasteiger partial charge in [-0.05, 0) is 25.1 Å². The van der Waals surface area contributed by atoms with Gasteiger partial charge in [0.15, 0.2) is 0 Å². The molecule has 0 saturated carbocycles. The Hall–Kier alpha value is -1.81. The Morgan fingerprint density at radius 3 is 2.62 bits per heavy atom. The minimum atomic E-state index is 0.243. The van der Waals surface area contributed by atoms with Gasteiger partial charge in [-0.3, -0.25) is 0 Å². The standard InChI is InChI=1S/C16H20ClN3O/c1-5-18-15-9-13(19-16(20-15)10(2)3)12-8-11(17)6-7-14(12)21-4/h6-10H,5H2,1-4H3,(H,18,19,20). The van der Waals surface area contributed by atoms with Crippen molar-refractivity contribution in [2.24, 2.45) is 0 Å². The van der Waals surface area contributed by atoms with Crippen molar-refractivity contribution in [3.63, 3.8) is 0 Å². The molecule has 2 rings (SSSR count). The number of nitrogens with one attached hydrogen (secondary N) is 1. The SMILES string of the molecule is CCNc1cc(-c2cc(Cl)ccc2OC)nc(C(C)C)n1. The number of rotatable bonds is 5. The van der Waals surface area contributed by atoms with Crippen molar-refractivity contribution in [1.82, 2.24) is 9.97 Å². The monoisotopic (exact) mass is 305 g/mol. The van der Waals surface area contributed by atoms with Gasteiger partial charge in [0.2, 0.25) is 0 Å². The van der Waals surface area contributed by atoms with E-state index in [1.165, 1.54) is 0 Å². The van der Waals surface area contributed by atoms with E-state index >= 15 is 0 Å². The number of benzene rings is 1. The van der Waals surface area contributed by atoms with Crippen molar-refractivity contribution in [3.05, 3.63) is 35.1 Å². The molecule has 0 unspecified atom stereocenters. The largest absolute Gasteiger partial charge is 0.496 e. The van der Waals surface area contributed by atoms with Crippen LogP contribution in [0, 0.1) is 0 Å². The predicted octanol–water partition coefficient (Wildman–Crippen LogP) is 4.36. The van der Waals surface area contributed by atoms with Gasteiger partial charge >= 0.3 is 0 Å². The van der Waals surface area contributed by atoms with Gasteiger partial charge in [-0.15, -0.1) is 0 Å². The molecule has 0 atom stereocenters. The van der Waals surface area contributed by atoms with E-state index in [0.717, 1.165) is 35.2 Å². The summed E-state index contributed by atoms with van der Waals surface area (Å²) >= 11 is 6.11. The number of halogens is 1. The Morgan fingerprint density at radius 1 is 1.24 bits per heavy atom. The molecular formula is C16H20ClN3O. The van der Waals surface area contributed by atoms with Crippen LogP contribution in [0.25, 0.3) is 11.3 Å². The first-order valence-corrected chi connectivity index (χ1v) is 7.39. The van der Waals surface area contributed by atoms with Crippen molar-refractivity contribution in [1.29, 1.82) is 0 Å². The third-order valence-electron chi connectivity index (χ3n) is 3.06. The Balaban J connectivity index is 2.59. The molecule has 0 fully saturated rings. The zero-order valence-electron chi connectivity index (χ0n) is 12.8. The molecule has 4 nitrogen and oxygen atoms in total. The van der Waals surface area contributed by atoms with Gasteiger partial charge in [0, 0.05) is 29.1 Å². The fraction of sp³-hybridized carbons (Fsp3) is 0.375. The lowest BCUT2D eigenvalue weighted by Crippen LogP contribution is -2.06. The summed E-state index contributed by atoms with van der Waals surface area (Å²) in [6.07, 6.45) is 0. The van der Waals surface area contributed by atoms with Crippen LogP contribution in [0.2, 0.25) is 5.02 Å². The van der Waals surface area contributed by atoms with Gasteiger partial charge in [0.25, 0.3) is 0 Å². The minimum Gasteiger partial charge on any atom is -0.496 e. The number of nitrogens with zero attached hydrogens (tertiary/aromatic N) is 2. The fourth-order valence-corrected chi connectivity index (χ4v) is 2.19. The first-order chi connectivity index (χ1) is 10.0. The van der Waals surface area contributed by atoms with E-state index < -0.39 is 0 Å². The number of anilines is 1. The van der Waals surface area contributed by atoms with Crippen molar-refractivity contribution in [2.45, 2.75) is 26.7 Å². The number of methoxy groups -OCH3 is 1. The van der Waals surface area contributed by atoms with Crippen molar-refractivity contribution in [2.75, 3.05) is 19.0 Å². The molecule has 0 aliphatic rings. The maximum Gasteiger partial charge on any atom is 0.133 e. The first-order valence-electron chi connectivity index (χ1n) is 7.02. The van der Waals surface area contributed by atoms with Crippen LogP contribution in [0.1, 0.15) is 32.5 Å². The highest BCUT2D eigenvalue weighted by molar-refractivity contribution is 6.30. The van der Waals surface area contributed by atoms with Crippen LogP contribution in [0.3, 0.4) is 0 Å². The normalized spacial score (nSPS) is 10.8. The lowest BCUT2D eigenvalue weighted by atomic mass is 10.1. The Bertz CT molecular complexity index is 629. The predicted molar refractivity (Wildman–Crippen MR) is 87.3 cm³/mol. The second-order valence-electron chi connectivity index (χ2n) is 5.03. The number of aromatic nitrogens is 2. The van der Waals surface area contributed by atoms with Gasteiger partial charge in [-0.1, -0.05) is 25.4 Å². The highest BCUT2D eigenvalue weighted by Crippen LogP contribution is 2.32. The van der Waals surface area contributed by atoms with Crippen molar-refractivity contribution in [3.8, 4) is 17.0 Å². The summed E-state index contributed by atoms with van der Waals surface area (Å²) in [7, 11) is 1.64. The molecule has 21 heavy (non-hydrogen) atoms. The van der Waals surface area contributed by atoms with E-state index in [9.17, 15) is 0 Å². The van der Waals surface area contributed by atoms with E-state index in [-0.39, 0.29) is 5.92 Å². The van der Waals surface area contributed by atoms with Crippen molar-refractivity contribution >= 4 is 17.4 Å². The lowest BCUT2D eigenvalue weighted by molar-refractivity contribution is 0.416. The maximum atomic E-state index is 6.11. The van der Waals surface area contributed by atoms with Crippen LogP contribution in [0.4, 0.5) is 5.82 Å². The summed E-state index contributed by atoms with van der Waals surface area (Å²) in [6.45, 7) is 6.99. The quantitative estimate of drug-likeness (QED) is 0.891. The van der Waals surface area contributed by atoms with Gasteiger partial charge < -0.3 is 10.1 Å². The van der Waals surface area contributed by atoms with Gasteiger partial charge in [-0.2, -0.15) is 0 Å². The molecule has 0 aliphatic heterocycles. The fourth-order valence-electron chi connectivity index (χ4n) is 2.01. The van der Waals surface area contributed by atoms with Crippen molar-refractivity contribution < 1.29 is 4.74 Å². The van der Waals surface area contributed by atoms with Gasteiger partial charge in [-0.25, -0.2) is 9.97 Å². The average Bonchev–Trinajstić information content (AvgIpc) is 2.47. The topological polar surface area (TPSA) is 47.0 Å². The summed E-state index contributed by atoms with van der Waals surface area (Å²) in [5.41, 5.74) is 1.68. The zero-order valence-corrected chi connectivity index (χ0v) is 13.5. The first kappa shape index (κ1) is 15.6. The number of hydrogen-bond acceptors (Lipinski definition) is 4. The van der Waals surface area contributed by atoms with Crippen LogP contribution in [0.15, 0.2) is 24.3 Å². The van der Waals surface area contributed by atoms with E-state index in [1.54, 1.807) is 13.2 Å². The molecule has 0 saturated heterocycles. The molecule has 5 heteroatoms. The van der Waals surface area contributed by atoms with Gasteiger partial charge in [0.05, 0.1) is 12.8 Å². The number of hydrogen-bond donors (Lipinski definition) is 1. The number of ether oxygens (including phenoxy) is 1. The Labute approximate surface area is 130 Å². The van der Waals surface area contributed by atoms with Crippen LogP contribution < -0.4 is 10.1 Å². The summed E-state index contributed by atoms with van der Waals surface area (Å²) in [4.78, 5) is 9.18. The third kappa shape index (κ3) is 3.64. The average molecular weight is 306 g/mol. The molecule has 1 aromatic carbocycles. The molecule has 0 radical (unpaired) electrons. The van der Waals surface area contributed by atoms with E-state index in [0.29, 0.717) is 5.02 Å². The minimum absolute atomic E-state index is 0.243. The highest BCUT2D eigenvalue weighted by Gasteiger charge is 2.13. The zero-order chi connectivity index (χ0) is 15.4. The second kappa shape index (κ2) is 6.76. The smallest absolute Gasteiger partial charge is 0.133 e. The second-order valence-corrected chi connectivity index (χ2v) is 5.46. The molecule has 2 aromatic rings. The third-order valence-corrected chi connectivity index (χ3v) is 3.29. The summed E-state index contributed by atoms with van der Waals surface area (Å²) in [5, 5.41) is 3.89. The lowest BCUT2D eigenvalue weighted by Gasteiger charge is -2.13.